The molecule has 1 unspecified atom stereocenters. The summed E-state index contributed by atoms with van der Waals surface area (Å²) in [5, 5.41) is 0. The third-order valence-corrected chi connectivity index (χ3v) is 13.3. The van der Waals surface area contributed by atoms with E-state index in [0.717, 1.165) is 96.3 Å². The van der Waals surface area contributed by atoms with Gasteiger partial charge in [0.2, 0.25) is 0 Å². The standard InChI is InChI=1S/C63H114O6/c1-4-7-10-13-16-19-22-24-26-28-30-31-33-34-36-38-41-44-47-50-53-56-62(65)68-59-60(58-67-61(64)55-52-49-46-43-40-21-18-15-12-9-6-3)69-63(66)57-54-51-48-45-42-39-37-35-32-29-27-25-23-20-17-14-11-8-5-2/h8,11,17,20,25,27,32,35,60H,4-7,9-10,12-16,18-19,21-24,26,28-31,33-34,36-59H2,1-3H3/b11-8-,20-17-,27-25-,35-32-. The number of unbranched alkanes of at least 4 members (excludes halogenated alkanes) is 36. The van der Waals surface area contributed by atoms with Gasteiger partial charge in [0, 0.05) is 19.3 Å². The second-order valence-corrected chi connectivity index (χ2v) is 20.2. The van der Waals surface area contributed by atoms with Gasteiger partial charge in [0.05, 0.1) is 0 Å². The summed E-state index contributed by atoms with van der Waals surface area (Å²) in [5.74, 6) is -0.871. The third-order valence-electron chi connectivity index (χ3n) is 13.3. The average Bonchev–Trinajstić information content (AvgIpc) is 3.35. The quantitative estimate of drug-likeness (QED) is 0.0262. The fourth-order valence-electron chi connectivity index (χ4n) is 8.85. The third kappa shape index (κ3) is 56.2. The Hall–Kier alpha value is -2.63. The van der Waals surface area contributed by atoms with Crippen LogP contribution in [0.2, 0.25) is 0 Å². The van der Waals surface area contributed by atoms with Gasteiger partial charge in [0.1, 0.15) is 13.2 Å². The Morgan fingerprint density at radius 1 is 0.304 bits per heavy atom. The van der Waals surface area contributed by atoms with Crippen LogP contribution in [0.15, 0.2) is 48.6 Å². The molecule has 0 aliphatic carbocycles. The molecule has 6 heteroatoms. The molecule has 402 valence electrons. The van der Waals surface area contributed by atoms with E-state index in [1.807, 2.05) is 0 Å². The zero-order chi connectivity index (χ0) is 50.0. The fourth-order valence-corrected chi connectivity index (χ4v) is 8.85. The van der Waals surface area contributed by atoms with Gasteiger partial charge < -0.3 is 14.2 Å². The van der Waals surface area contributed by atoms with Crippen molar-refractivity contribution < 1.29 is 28.6 Å². The van der Waals surface area contributed by atoms with Crippen LogP contribution < -0.4 is 0 Å². The molecule has 0 rings (SSSR count). The molecular weight excluding hydrogens is 853 g/mol. The lowest BCUT2D eigenvalue weighted by Gasteiger charge is -2.18. The predicted octanol–water partition coefficient (Wildman–Crippen LogP) is 20.2. The van der Waals surface area contributed by atoms with E-state index in [9.17, 15) is 14.4 Å². The first-order chi connectivity index (χ1) is 34.0. The molecule has 0 bridgehead atoms. The van der Waals surface area contributed by atoms with Gasteiger partial charge in [-0.3, -0.25) is 14.4 Å². The van der Waals surface area contributed by atoms with Gasteiger partial charge in [-0.1, -0.05) is 288 Å². The molecule has 0 aromatic carbocycles. The first-order valence-electron chi connectivity index (χ1n) is 30.1. The zero-order valence-electron chi connectivity index (χ0n) is 46.1. The van der Waals surface area contributed by atoms with Gasteiger partial charge >= 0.3 is 17.9 Å². The minimum absolute atomic E-state index is 0.0746. The van der Waals surface area contributed by atoms with E-state index >= 15 is 0 Å². The Balaban J connectivity index is 4.29. The largest absolute Gasteiger partial charge is 0.462 e. The van der Waals surface area contributed by atoms with Crippen LogP contribution in [0.25, 0.3) is 0 Å². The van der Waals surface area contributed by atoms with Crippen LogP contribution in [0.3, 0.4) is 0 Å². The maximum atomic E-state index is 12.9. The van der Waals surface area contributed by atoms with Crippen molar-refractivity contribution in [2.75, 3.05) is 13.2 Å². The van der Waals surface area contributed by atoms with Crippen LogP contribution >= 0.6 is 0 Å². The van der Waals surface area contributed by atoms with Crippen LogP contribution in [0.5, 0.6) is 0 Å². The van der Waals surface area contributed by atoms with E-state index in [1.54, 1.807) is 0 Å². The Kier molecular flexibility index (Phi) is 55.7. The zero-order valence-corrected chi connectivity index (χ0v) is 46.1. The van der Waals surface area contributed by atoms with Gasteiger partial charge in [-0.25, -0.2) is 0 Å². The fraction of sp³-hybridized carbons (Fsp3) is 0.825. The lowest BCUT2D eigenvalue weighted by Crippen LogP contribution is -2.30. The maximum absolute atomic E-state index is 12.9. The summed E-state index contributed by atoms with van der Waals surface area (Å²) < 4.78 is 16.9. The smallest absolute Gasteiger partial charge is 0.306 e. The van der Waals surface area contributed by atoms with Crippen LogP contribution in [0, 0.1) is 0 Å². The number of carbonyl (C=O) groups excluding carboxylic acids is 3. The molecule has 0 heterocycles. The highest BCUT2D eigenvalue weighted by molar-refractivity contribution is 5.71. The molecule has 0 aromatic rings. The van der Waals surface area contributed by atoms with E-state index in [-0.39, 0.29) is 31.1 Å². The molecule has 0 aliphatic heterocycles. The molecule has 0 aliphatic rings. The molecule has 0 saturated heterocycles. The van der Waals surface area contributed by atoms with Crippen LogP contribution in [0.1, 0.15) is 316 Å². The molecule has 0 amide bonds. The molecule has 0 aromatic heterocycles. The highest BCUT2D eigenvalue weighted by atomic mass is 16.6. The molecule has 69 heavy (non-hydrogen) atoms. The van der Waals surface area contributed by atoms with E-state index in [1.165, 1.54) is 180 Å². The van der Waals surface area contributed by atoms with E-state index in [4.69, 9.17) is 14.2 Å². The normalized spacial score (nSPS) is 12.3. The minimum Gasteiger partial charge on any atom is -0.462 e. The molecule has 0 N–H and O–H groups in total. The number of hydrogen-bond acceptors (Lipinski definition) is 6. The summed E-state index contributed by atoms with van der Waals surface area (Å²) in [4.78, 5) is 38.2. The number of ether oxygens (including phenoxy) is 3. The van der Waals surface area contributed by atoms with Gasteiger partial charge in [0.25, 0.3) is 0 Å². The number of rotatable bonds is 55. The minimum atomic E-state index is -0.777. The van der Waals surface area contributed by atoms with Crippen LogP contribution in [-0.4, -0.2) is 37.2 Å². The topological polar surface area (TPSA) is 78.9 Å². The molecule has 0 saturated carbocycles. The number of esters is 3. The second kappa shape index (κ2) is 57.9. The Morgan fingerprint density at radius 2 is 0.565 bits per heavy atom. The van der Waals surface area contributed by atoms with Gasteiger partial charge in [-0.15, -0.1) is 0 Å². The van der Waals surface area contributed by atoms with Crippen LogP contribution in [-0.2, 0) is 28.6 Å². The van der Waals surface area contributed by atoms with Crippen molar-refractivity contribution in [3.63, 3.8) is 0 Å². The van der Waals surface area contributed by atoms with Crippen molar-refractivity contribution in [3.8, 4) is 0 Å². The lowest BCUT2D eigenvalue weighted by molar-refractivity contribution is -0.167. The summed E-state index contributed by atoms with van der Waals surface area (Å²) in [5.41, 5.74) is 0. The monoisotopic (exact) mass is 967 g/mol. The Labute approximate surface area is 428 Å². The summed E-state index contributed by atoms with van der Waals surface area (Å²) in [6.07, 6.45) is 71.1. The molecule has 0 spiro atoms. The molecule has 6 nitrogen and oxygen atoms in total. The maximum Gasteiger partial charge on any atom is 0.306 e. The van der Waals surface area contributed by atoms with Crippen molar-refractivity contribution in [1.82, 2.24) is 0 Å². The SMILES string of the molecule is CC/C=C\C/C=C\C/C=C\C/C=C\CCCCCCCCC(=O)OC(COC(=O)CCCCCCCCCCCCC)COC(=O)CCCCCCCCCCCCCCCCCCCCCCC. The molecule has 0 radical (unpaired) electrons. The van der Waals surface area contributed by atoms with Crippen molar-refractivity contribution in [1.29, 1.82) is 0 Å². The molecular formula is C63H114O6. The average molecular weight is 968 g/mol. The second-order valence-electron chi connectivity index (χ2n) is 20.2. The number of carbonyl (C=O) groups is 3. The predicted molar refractivity (Wildman–Crippen MR) is 298 cm³/mol. The van der Waals surface area contributed by atoms with Crippen LogP contribution in [0.4, 0.5) is 0 Å². The highest BCUT2D eigenvalue weighted by Gasteiger charge is 2.19. The summed E-state index contributed by atoms with van der Waals surface area (Å²) in [6, 6.07) is 0. The van der Waals surface area contributed by atoms with E-state index in [0.29, 0.717) is 19.3 Å². The first kappa shape index (κ1) is 66.4. The van der Waals surface area contributed by atoms with Crippen molar-refractivity contribution in [2.45, 2.75) is 322 Å². The molecule has 0 fully saturated rings. The van der Waals surface area contributed by atoms with Crippen molar-refractivity contribution in [3.05, 3.63) is 48.6 Å². The lowest BCUT2D eigenvalue weighted by atomic mass is 10.0. The summed E-state index contributed by atoms with van der Waals surface area (Å²) >= 11 is 0. The summed E-state index contributed by atoms with van der Waals surface area (Å²) in [7, 11) is 0. The van der Waals surface area contributed by atoms with Crippen molar-refractivity contribution >= 4 is 17.9 Å². The van der Waals surface area contributed by atoms with Gasteiger partial charge in [-0.2, -0.15) is 0 Å². The number of hydrogen-bond donors (Lipinski definition) is 0. The summed E-state index contributed by atoms with van der Waals surface area (Å²) in [6.45, 7) is 6.55. The van der Waals surface area contributed by atoms with E-state index in [2.05, 4.69) is 69.4 Å². The Morgan fingerprint density at radius 3 is 0.884 bits per heavy atom. The van der Waals surface area contributed by atoms with Gasteiger partial charge in [-0.05, 0) is 57.8 Å². The first-order valence-corrected chi connectivity index (χ1v) is 30.1. The van der Waals surface area contributed by atoms with Crippen molar-refractivity contribution in [2.24, 2.45) is 0 Å². The number of allylic oxidation sites excluding steroid dienone is 8. The molecule has 1 atom stereocenters. The van der Waals surface area contributed by atoms with E-state index < -0.39 is 6.10 Å². The Bertz CT molecular complexity index is 1200. The van der Waals surface area contributed by atoms with Gasteiger partial charge in [0.15, 0.2) is 6.10 Å². The highest BCUT2D eigenvalue weighted by Crippen LogP contribution is 2.17.